The van der Waals surface area contributed by atoms with Crippen molar-refractivity contribution in [2.45, 2.75) is 12.8 Å². The van der Waals surface area contributed by atoms with Crippen molar-refractivity contribution in [3.8, 4) is 11.5 Å². The van der Waals surface area contributed by atoms with Crippen LogP contribution in [0.4, 0.5) is 0 Å². The zero-order chi connectivity index (χ0) is 23.8. The van der Waals surface area contributed by atoms with E-state index >= 15 is 0 Å². The summed E-state index contributed by atoms with van der Waals surface area (Å²) in [5.74, 6) is 0.588. The molecule has 0 atom stereocenters. The van der Waals surface area contributed by atoms with E-state index in [1.807, 2.05) is 6.07 Å². The van der Waals surface area contributed by atoms with E-state index in [1.54, 1.807) is 54.6 Å². The minimum absolute atomic E-state index is 0.164. The second kappa shape index (κ2) is 11.7. The monoisotopic (exact) mass is 489 g/mol. The minimum Gasteiger partial charge on any atom is -0.493 e. The number of rotatable bonds is 8. The number of methoxy groups -OCH3 is 1. The molecule has 3 rings (SSSR count). The van der Waals surface area contributed by atoms with Gasteiger partial charge in [-0.2, -0.15) is 5.10 Å². The van der Waals surface area contributed by atoms with Crippen molar-refractivity contribution >= 4 is 41.2 Å². The maximum Gasteiger partial charge on any atom is 0.255 e. The molecule has 0 saturated carbocycles. The standard InChI is InChI=1S/C24H25Cl2N3O4/c1-3-12-33-21-7-4-16(13-22(21)32-2)15-27-28-23(30)17-8-10-29(11-9-17)24(31)19-6-5-18(25)14-20(19)26/h3-7,13-15,17H,1,8-12H2,2H3,(H,28,30)/b27-15-. The fourth-order valence-electron chi connectivity index (χ4n) is 3.47. The molecule has 2 amide bonds. The summed E-state index contributed by atoms with van der Waals surface area (Å²) in [5, 5.41) is 4.85. The maximum absolute atomic E-state index is 12.7. The predicted octanol–water partition coefficient (Wildman–Crippen LogP) is 4.57. The normalized spacial score (nSPS) is 14.2. The molecule has 1 heterocycles. The molecule has 2 aromatic rings. The van der Waals surface area contributed by atoms with E-state index in [0.717, 1.165) is 5.56 Å². The average Bonchev–Trinajstić information content (AvgIpc) is 2.82. The number of ether oxygens (including phenoxy) is 2. The Morgan fingerprint density at radius 1 is 1.18 bits per heavy atom. The molecule has 174 valence electrons. The zero-order valence-corrected chi connectivity index (χ0v) is 19.7. The first kappa shape index (κ1) is 24.6. The minimum atomic E-state index is -0.226. The Morgan fingerprint density at radius 2 is 1.94 bits per heavy atom. The van der Waals surface area contributed by atoms with Gasteiger partial charge in [-0.25, -0.2) is 5.43 Å². The number of nitrogens with zero attached hydrogens (tertiary/aromatic N) is 2. The summed E-state index contributed by atoms with van der Waals surface area (Å²) in [5.41, 5.74) is 3.74. The van der Waals surface area contributed by atoms with Gasteiger partial charge in [0.05, 0.1) is 23.9 Å². The average molecular weight is 490 g/mol. The van der Waals surface area contributed by atoms with Gasteiger partial charge < -0.3 is 14.4 Å². The summed E-state index contributed by atoms with van der Waals surface area (Å²) < 4.78 is 10.8. The summed E-state index contributed by atoms with van der Waals surface area (Å²) in [6.07, 6.45) is 4.28. The van der Waals surface area contributed by atoms with Crippen molar-refractivity contribution in [2.24, 2.45) is 11.0 Å². The number of benzene rings is 2. The van der Waals surface area contributed by atoms with E-state index in [1.165, 1.54) is 0 Å². The Hall–Kier alpha value is -3.03. The van der Waals surface area contributed by atoms with Gasteiger partial charge in [0.15, 0.2) is 11.5 Å². The van der Waals surface area contributed by atoms with Crippen molar-refractivity contribution in [3.05, 3.63) is 70.2 Å². The van der Waals surface area contributed by atoms with Crippen LogP contribution in [-0.2, 0) is 4.79 Å². The molecule has 0 radical (unpaired) electrons. The number of hydrogen-bond acceptors (Lipinski definition) is 5. The van der Waals surface area contributed by atoms with Gasteiger partial charge >= 0.3 is 0 Å². The molecule has 0 aliphatic carbocycles. The molecular weight excluding hydrogens is 465 g/mol. The lowest BCUT2D eigenvalue weighted by Gasteiger charge is -2.31. The highest BCUT2D eigenvalue weighted by atomic mass is 35.5. The molecule has 9 heteroatoms. The first-order chi connectivity index (χ1) is 15.9. The number of hydrazone groups is 1. The lowest BCUT2D eigenvalue weighted by molar-refractivity contribution is -0.126. The van der Waals surface area contributed by atoms with Crippen molar-refractivity contribution < 1.29 is 19.1 Å². The van der Waals surface area contributed by atoms with E-state index in [0.29, 0.717) is 59.6 Å². The van der Waals surface area contributed by atoms with Crippen LogP contribution in [0.2, 0.25) is 10.0 Å². The molecule has 33 heavy (non-hydrogen) atoms. The fourth-order valence-corrected chi connectivity index (χ4v) is 3.96. The van der Waals surface area contributed by atoms with Gasteiger partial charge in [-0.1, -0.05) is 35.9 Å². The number of piperidine rings is 1. The SMILES string of the molecule is C=CCOc1ccc(/C=N\NC(=O)C2CCN(C(=O)c3ccc(Cl)cc3Cl)CC2)cc1OC. The topological polar surface area (TPSA) is 80.2 Å². The second-order valence-electron chi connectivity index (χ2n) is 7.43. The number of likely N-dealkylation sites (tertiary alicyclic amines) is 1. The van der Waals surface area contributed by atoms with Crippen LogP contribution in [0, 0.1) is 5.92 Å². The smallest absolute Gasteiger partial charge is 0.255 e. The predicted molar refractivity (Wildman–Crippen MR) is 130 cm³/mol. The number of amides is 2. The number of carbonyl (C=O) groups is 2. The van der Waals surface area contributed by atoms with Crippen molar-refractivity contribution in [3.63, 3.8) is 0 Å². The summed E-state index contributed by atoms with van der Waals surface area (Å²) in [4.78, 5) is 26.9. The molecule has 1 N–H and O–H groups in total. The lowest BCUT2D eigenvalue weighted by atomic mass is 9.95. The number of hydrogen-bond donors (Lipinski definition) is 1. The third kappa shape index (κ3) is 6.49. The van der Waals surface area contributed by atoms with E-state index in [2.05, 4.69) is 17.1 Å². The van der Waals surface area contributed by atoms with E-state index in [-0.39, 0.29) is 17.7 Å². The van der Waals surface area contributed by atoms with E-state index < -0.39 is 0 Å². The van der Waals surface area contributed by atoms with Gasteiger partial charge in [0.1, 0.15) is 6.61 Å². The third-order valence-corrected chi connectivity index (χ3v) is 5.80. The summed E-state index contributed by atoms with van der Waals surface area (Å²) in [7, 11) is 1.55. The van der Waals surface area contributed by atoms with Crippen LogP contribution < -0.4 is 14.9 Å². The number of nitrogens with one attached hydrogen (secondary N) is 1. The number of halogens is 2. The van der Waals surface area contributed by atoms with Crippen LogP contribution in [0.25, 0.3) is 0 Å². The fraction of sp³-hybridized carbons (Fsp3) is 0.292. The van der Waals surface area contributed by atoms with Gasteiger partial charge in [-0.15, -0.1) is 0 Å². The van der Waals surface area contributed by atoms with Crippen LogP contribution in [0.3, 0.4) is 0 Å². The molecule has 0 aromatic heterocycles. The molecule has 7 nitrogen and oxygen atoms in total. The Kier molecular flexibility index (Phi) is 8.74. The first-order valence-electron chi connectivity index (χ1n) is 10.4. The van der Waals surface area contributed by atoms with E-state index in [9.17, 15) is 9.59 Å². The van der Waals surface area contributed by atoms with Gasteiger partial charge in [0.25, 0.3) is 5.91 Å². The molecule has 1 fully saturated rings. The highest BCUT2D eigenvalue weighted by molar-refractivity contribution is 6.36. The van der Waals surface area contributed by atoms with Crippen molar-refractivity contribution in [1.29, 1.82) is 0 Å². The van der Waals surface area contributed by atoms with Crippen LogP contribution >= 0.6 is 23.2 Å². The Morgan fingerprint density at radius 3 is 2.61 bits per heavy atom. The maximum atomic E-state index is 12.7. The molecule has 1 aliphatic rings. The van der Waals surface area contributed by atoms with Crippen LogP contribution in [0.5, 0.6) is 11.5 Å². The highest BCUT2D eigenvalue weighted by Crippen LogP contribution is 2.28. The van der Waals surface area contributed by atoms with Crippen LogP contribution in [0.15, 0.2) is 54.2 Å². The number of carbonyl (C=O) groups excluding carboxylic acids is 2. The van der Waals surface area contributed by atoms with Gasteiger partial charge in [0, 0.05) is 24.0 Å². The van der Waals surface area contributed by atoms with Gasteiger partial charge in [0.2, 0.25) is 5.91 Å². The lowest BCUT2D eigenvalue weighted by Crippen LogP contribution is -2.42. The highest BCUT2D eigenvalue weighted by Gasteiger charge is 2.28. The van der Waals surface area contributed by atoms with Crippen molar-refractivity contribution in [1.82, 2.24) is 10.3 Å². The molecule has 0 unspecified atom stereocenters. The Labute approximate surface area is 203 Å². The molecule has 1 aliphatic heterocycles. The van der Waals surface area contributed by atoms with Crippen LogP contribution in [0.1, 0.15) is 28.8 Å². The second-order valence-corrected chi connectivity index (χ2v) is 8.28. The Balaban J connectivity index is 1.51. The molecule has 0 spiro atoms. The van der Waals surface area contributed by atoms with Crippen LogP contribution in [-0.4, -0.2) is 49.7 Å². The van der Waals surface area contributed by atoms with Gasteiger partial charge in [-0.05, 0) is 54.8 Å². The Bertz CT molecular complexity index is 1050. The van der Waals surface area contributed by atoms with Gasteiger partial charge in [-0.3, -0.25) is 9.59 Å². The van der Waals surface area contributed by atoms with E-state index in [4.69, 9.17) is 32.7 Å². The molecule has 0 bridgehead atoms. The first-order valence-corrected chi connectivity index (χ1v) is 11.2. The van der Waals surface area contributed by atoms with Crippen molar-refractivity contribution in [2.75, 3.05) is 26.8 Å². The molecular formula is C24H25Cl2N3O4. The molecule has 2 aromatic carbocycles. The summed E-state index contributed by atoms with van der Waals surface area (Å²) in [6, 6.07) is 10.1. The third-order valence-electron chi connectivity index (χ3n) is 5.25. The zero-order valence-electron chi connectivity index (χ0n) is 18.2. The largest absolute Gasteiger partial charge is 0.493 e. The summed E-state index contributed by atoms with van der Waals surface area (Å²) in [6.45, 7) is 4.92. The molecule has 1 saturated heterocycles. The summed E-state index contributed by atoms with van der Waals surface area (Å²) >= 11 is 12.1. The quantitative estimate of drug-likeness (QED) is 0.334.